The van der Waals surface area contributed by atoms with Crippen molar-refractivity contribution < 1.29 is 14.3 Å². The second-order valence-electron chi connectivity index (χ2n) is 6.34. The number of ether oxygens (including phenoxy) is 1. The molecule has 3 rings (SSSR count). The van der Waals surface area contributed by atoms with E-state index in [0.29, 0.717) is 18.0 Å². The van der Waals surface area contributed by atoms with Gasteiger partial charge in [0.05, 0.1) is 18.5 Å². The minimum absolute atomic E-state index is 0.252. The molecule has 3 N–H and O–H groups in total. The fraction of sp³-hybridized carbons (Fsp3) is 0.529. The molecular weight excluding hydrogens is 354 g/mol. The largest absolute Gasteiger partial charge is 0.462 e. The van der Waals surface area contributed by atoms with E-state index >= 15 is 0 Å². The monoisotopic (exact) mass is 377 g/mol. The van der Waals surface area contributed by atoms with Crippen molar-refractivity contribution in [3.8, 4) is 0 Å². The molecule has 1 saturated heterocycles. The van der Waals surface area contributed by atoms with E-state index in [1.165, 1.54) is 17.7 Å². The predicted octanol–water partition coefficient (Wildman–Crippen LogP) is 1.54. The average molecular weight is 377 g/mol. The van der Waals surface area contributed by atoms with Crippen molar-refractivity contribution in [2.45, 2.75) is 32.7 Å². The van der Waals surface area contributed by atoms with Crippen LogP contribution < -0.4 is 11.1 Å². The highest BCUT2D eigenvalue weighted by Gasteiger charge is 2.24. The molecule has 0 spiro atoms. The molecule has 1 aliphatic rings. The van der Waals surface area contributed by atoms with Crippen LogP contribution in [0, 0.1) is 6.92 Å². The first-order chi connectivity index (χ1) is 12.5. The molecule has 1 aliphatic heterocycles. The molecule has 1 fully saturated rings. The number of hydrogen-bond donors (Lipinski definition) is 2. The van der Waals surface area contributed by atoms with Gasteiger partial charge in [0.2, 0.25) is 5.91 Å². The lowest BCUT2D eigenvalue weighted by Crippen LogP contribution is -2.43. The summed E-state index contributed by atoms with van der Waals surface area (Å²) in [4.78, 5) is 35.3. The molecule has 0 atom stereocenters. The molecule has 9 heteroatoms. The Bertz CT molecular complexity index is 814. The van der Waals surface area contributed by atoms with Crippen LogP contribution in [-0.4, -0.2) is 59.0 Å². The summed E-state index contributed by atoms with van der Waals surface area (Å²) in [5, 5.41) is 4.36. The van der Waals surface area contributed by atoms with Gasteiger partial charge in [0, 0.05) is 19.1 Å². The number of rotatable bonds is 6. The van der Waals surface area contributed by atoms with Crippen LogP contribution in [-0.2, 0) is 9.53 Å². The maximum absolute atomic E-state index is 12.1. The van der Waals surface area contributed by atoms with Gasteiger partial charge in [-0.25, -0.2) is 14.8 Å². The first-order valence-corrected chi connectivity index (χ1v) is 9.49. The summed E-state index contributed by atoms with van der Waals surface area (Å²) in [5.74, 6) is 0.126. The van der Waals surface area contributed by atoms with Crippen LogP contribution in [0.4, 0.5) is 5.82 Å². The van der Waals surface area contributed by atoms with Crippen molar-refractivity contribution >= 4 is 39.2 Å². The molecule has 0 aliphatic carbocycles. The summed E-state index contributed by atoms with van der Waals surface area (Å²) >= 11 is 1.33. The Hall–Kier alpha value is -2.26. The van der Waals surface area contributed by atoms with Crippen molar-refractivity contribution in [2.75, 3.05) is 31.6 Å². The number of primary amides is 1. The third-order valence-corrected chi connectivity index (χ3v) is 5.68. The van der Waals surface area contributed by atoms with Crippen molar-refractivity contribution in [3.05, 3.63) is 16.8 Å². The number of carbonyl (C=O) groups is 2. The van der Waals surface area contributed by atoms with Crippen LogP contribution in [0.2, 0.25) is 0 Å². The molecule has 8 nitrogen and oxygen atoms in total. The van der Waals surface area contributed by atoms with E-state index in [1.807, 2.05) is 6.92 Å². The Morgan fingerprint density at radius 2 is 2.12 bits per heavy atom. The summed E-state index contributed by atoms with van der Waals surface area (Å²) in [6.07, 6.45) is 3.30. The van der Waals surface area contributed by atoms with Crippen LogP contribution >= 0.6 is 11.3 Å². The Morgan fingerprint density at radius 1 is 1.38 bits per heavy atom. The molecule has 3 heterocycles. The highest BCUT2D eigenvalue weighted by atomic mass is 32.1. The van der Waals surface area contributed by atoms with Crippen molar-refractivity contribution in [1.82, 2.24) is 14.9 Å². The predicted molar refractivity (Wildman–Crippen MR) is 100 cm³/mol. The van der Waals surface area contributed by atoms with Gasteiger partial charge in [-0.1, -0.05) is 0 Å². The van der Waals surface area contributed by atoms with Gasteiger partial charge >= 0.3 is 5.97 Å². The van der Waals surface area contributed by atoms with Gasteiger partial charge in [-0.3, -0.25) is 9.69 Å². The number of aromatic nitrogens is 2. The Morgan fingerprint density at radius 3 is 2.77 bits per heavy atom. The number of amides is 1. The Balaban J connectivity index is 1.76. The van der Waals surface area contributed by atoms with E-state index in [4.69, 9.17) is 10.5 Å². The number of esters is 1. The van der Waals surface area contributed by atoms with Gasteiger partial charge in [0.15, 0.2) is 0 Å². The summed E-state index contributed by atoms with van der Waals surface area (Å²) < 4.78 is 5.13. The summed E-state index contributed by atoms with van der Waals surface area (Å²) in [6.45, 7) is 5.95. The molecule has 1 amide bonds. The number of likely N-dealkylation sites (tertiary alicyclic amines) is 1. The number of hydrogen-bond acceptors (Lipinski definition) is 8. The molecule has 0 radical (unpaired) electrons. The highest BCUT2D eigenvalue weighted by Crippen LogP contribution is 2.34. The van der Waals surface area contributed by atoms with E-state index in [1.54, 1.807) is 6.92 Å². The molecule has 0 saturated carbocycles. The minimum atomic E-state index is -0.321. The van der Waals surface area contributed by atoms with Crippen LogP contribution in [0.1, 0.15) is 35.0 Å². The number of nitrogens with one attached hydrogen (secondary N) is 1. The lowest BCUT2D eigenvalue weighted by atomic mass is 10.0. The lowest BCUT2D eigenvalue weighted by molar-refractivity contribution is -0.119. The van der Waals surface area contributed by atoms with Gasteiger partial charge in [-0.2, -0.15) is 0 Å². The van der Waals surface area contributed by atoms with Crippen LogP contribution in [0.3, 0.4) is 0 Å². The smallest absolute Gasteiger partial charge is 0.348 e. The molecule has 2 aromatic heterocycles. The number of anilines is 1. The zero-order valence-electron chi connectivity index (χ0n) is 14.9. The van der Waals surface area contributed by atoms with Gasteiger partial charge in [-0.05, 0) is 32.3 Å². The number of thiophene rings is 1. The zero-order chi connectivity index (χ0) is 18.7. The Kier molecular flexibility index (Phi) is 5.67. The van der Waals surface area contributed by atoms with E-state index in [-0.39, 0.29) is 17.9 Å². The number of aryl methyl sites for hydroxylation is 1. The fourth-order valence-corrected chi connectivity index (χ4v) is 4.26. The van der Waals surface area contributed by atoms with Crippen molar-refractivity contribution in [2.24, 2.45) is 5.73 Å². The summed E-state index contributed by atoms with van der Waals surface area (Å²) in [5.41, 5.74) is 6.10. The van der Waals surface area contributed by atoms with E-state index in [9.17, 15) is 9.59 Å². The molecule has 140 valence electrons. The molecule has 0 bridgehead atoms. The normalized spacial score (nSPS) is 15.9. The first kappa shape index (κ1) is 18.5. The number of carbonyl (C=O) groups excluding carboxylic acids is 2. The average Bonchev–Trinajstić information content (AvgIpc) is 2.94. The third-order valence-electron chi connectivity index (χ3n) is 4.50. The van der Waals surface area contributed by atoms with Crippen LogP contribution in [0.25, 0.3) is 10.2 Å². The molecular formula is C17H23N5O3S. The van der Waals surface area contributed by atoms with E-state index < -0.39 is 0 Å². The van der Waals surface area contributed by atoms with Crippen LogP contribution in [0.5, 0.6) is 0 Å². The van der Waals surface area contributed by atoms with Crippen LogP contribution in [0.15, 0.2) is 6.33 Å². The molecule has 0 aromatic carbocycles. The molecule has 2 aromatic rings. The minimum Gasteiger partial charge on any atom is -0.462 e. The van der Waals surface area contributed by atoms with Crippen molar-refractivity contribution in [3.63, 3.8) is 0 Å². The summed E-state index contributed by atoms with van der Waals surface area (Å²) in [6, 6.07) is 0.252. The Labute approximate surface area is 155 Å². The number of nitrogens with zero attached hydrogens (tertiary/aromatic N) is 3. The molecule has 26 heavy (non-hydrogen) atoms. The fourth-order valence-electron chi connectivity index (χ4n) is 3.22. The quantitative estimate of drug-likeness (QED) is 0.735. The highest BCUT2D eigenvalue weighted by molar-refractivity contribution is 7.20. The second kappa shape index (κ2) is 7.96. The standard InChI is InChI=1S/C17H23N5O3S/c1-3-25-17(24)14-10(2)13-15(19-9-20-16(13)26-14)21-11-4-6-22(7-5-11)8-12(18)23/h9,11H,3-8H2,1-2H3,(H2,18,23)(H,19,20,21). The third kappa shape index (κ3) is 3.94. The number of nitrogens with two attached hydrogens (primary N) is 1. The first-order valence-electron chi connectivity index (χ1n) is 8.68. The number of piperidine rings is 1. The maximum atomic E-state index is 12.1. The summed E-state index contributed by atoms with van der Waals surface area (Å²) in [7, 11) is 0. The van der Waals surface area contributed by atoms with Gasteiger partial charge in [0.25, 0.3) is 0 Å². The van der Waals surface area contributed by atoms with Gasteiger partial charge in [-0.15, -0.1) is 11.3 Å². The SMILES string of the molecule is CCOC(=O)c1sc2ncnc(NC3CCN(CC(N)=O)CC3)c2c1C. The van der Waals surface area contributed by atoms with Gasteiger partial charge < -0.3 is 15.8 Å². The van der Waals surface area contributed by atoms with E-state index in [0.717, 1.165) is 47.5 Å². The topological polar surface area (TPSA) is 110 Å². The number of fused-ring (bicyclic) bond motifs is 1. The van der Waals surface area contributed by atoms with Gasteiger partial charge in [0.1, 0.15) is 21.9 Å². The zero-order valence-corrected chi connectivity index (χ0v) is 15.8. The van der Waals surface area contributed by atoms with Crippen molar-refractivity contribution in [1.29, 1.82) is 0 Å². The maximum Gasteiger partial charge on any atom is 0.348 e. The molecule has 0 unspecified atom stereocenters. The second-order valence-corrected chi connectivity index (χ2v) is 7.34. The lowest BCUT2D eigenvalue weighted by Gasteiger charge is -2.31. The van der Waals surface area contributed by atoms with E-state index in [2.05, 4.69) is 20.2 Å².